The Morgan fingerprint density at radius 3 is 3.06 bits per heavy atom. The van der Waals surface area contributed by atoms with Gasteiger partial charge in [0.15, 0.2) is 0 Å². The molecular weight excluding hydrogens is 226 g/mol. The molecule has 18 heavy (non-hydrogen) atoms. The summed E-state index contributed by atoms with van der Waals surface area (Å²) in [6.45, 7) is 4.44. The molecule has 1 aliphatic heterocycles. The molecule has 1 N–H and O–H groups in total. The summed E-state index contributed by atoms with van der Waals surface area (Å²) in [6, 6.07) is 0. The van der Waals surface area contributed by atoms with E-state index in [1.54, 1.807) is 0 Å². The molecule has 0 bridgehead atoms. The van der Waals surface area contributed by atoms with E-state index in [4.69, 9.17) is 4.74 Å². The number of piperidine rings is 1. The standard InChI is InChI=1S/C14H23N3O/c1-2-7-17(8-3-1)9-10-18-13-6-4-5-12-11-15-16-14(12)13/h11,13H,1-10H2,(H,15,16)/t13-/m1/s1. The van der Waals surface area contributed by atoms with Gasteiger partial charge >= 0.3 is 0 Å². The van der Waals surface area contributed by atoms with Crippen molar-refractivity contribution in [3.63, 3.8) is 0 Å². The molecule has 2 heterocycles. The fourth-order valence-electron chi connectivity index (χ4n) is 3.10. The molecule has 0 unspecified atom stereocenters. The van der Waals surface area contributed by atoms with Crippen LogP contribution >= 0.6 is 0 Å². The second kappa shape index (κ2) is 5.85. The molecule has 4 nitrogen and oxygen atoms in total. The van der Waals surface area contributed by atoms with Crippen LogP contribution < -0.4 is 0 Å². The molecule has 1 aromatic rings. The van der Waals surface area contributed by atoms with Crippen LogP contribution in [-0.4, -0.2) is 41.3 Å². The minimum Gasteiger partial charge on any atom is -0.371 e. The molecule has 0 radical (unpaired) electrons. The van der Waals surface area contributed by atoms with Gasteiger partial charge in [0.25, 0.3) is 0 Å². The van der Waals surface area contributed by atoms with Crippen LogP contribution in [-0.2, 0) is 11.2 Å². The maximum Gasteiger partial charge on any atom is 0.0992 e. The lowest BCUT2D eigenvalue weighted by molar-refractivity contribution is 0.0214. The van der Waals surface area contributed by atoms with E-state index in [-0.39, 0.29) is 6.10 Å². The van der Waals surface area contributed by atoms with Crippen molar-refractivity contribution >= 4 is 0 Å². The topological polar surface area (TPSA) is 41.1 Å². The highest BCUT2D eigenvalue weighted by Gasteiger charge is 2.22. The molecule has 4 heteroatoms. The van der Waals surface area contributed by atoms with Crippen LogP contribution in [0.2, 0.25) is 0 Å². The van der Waals surface area contributed by atoms with Crippen LogP contribution in [0.25, 0.3) is 0 Å². The van der Waals surface area contributed by atoms with Gasteiger partial charge in [-0.25, -0.2) is 0 Å². The number of rotatable bonds is 4. The highest BCUT2D eigenvalue weighted by Crippen LogP contribution is 2.30. The van der Waals surface area contributed by atoms with Gasteiger partial charge in [0.2, 0.25) is 0 Å². The monoisotopic (exact) mass is 249 g/mol. The molecule has 0 spiro atoms. The van der Waals surface area contributed by atoms with Gasteiger partial charge in [-0.3, -0.25) is 5.10 Å². The van der Waals surface area contributed by atoms with E-state index >= 15 is 0 Å². The molecule has 1 atom stereocenters. The van der Waals surface area contributed by atoms with Crippen molar-refractivity contribution in [3.05, 3.63) is 17.5 Å². The first-order chi connectivity index (χ1) is 8.93. The molecule has 2 aliphatic rings. The largest absolute Gasteiger partial charge is 0.371 e. The Morgan fingerprint density at radius 1 is 1.28 bits per heavy atom. The lowest BCUT2D eigenvalue weighted by Crippen LogP contribution is -2.33. The average Bonchev–Trinajstić information content (AvgIpc) is 2.89. The first-order valence-corrected chi connectivity index (χ1v) is 7.29. The summed E-state index contributed by atoms with van der Waals surface area (Å²) < 4.78 is 6.06. The Balaban J connectivity index is 1.46. The van der Waals surface area contributed by atoms with Gasteiger partial charge < -0.3 is 9.64 Å². The highest BCUT2D eigenvalue weighted by atomic mass is 16.5. The summed E-state index contributed by atoms with van der Waals surface area (Å²) >= 11 is 0. The summed E-state index contributed by atoms with van der Waals surface area (Å²) in [5.41, 5.74) is 2.57. The van der Waals surface area contributed by atoms with Gasteiger partial charge in [-0.2, -0.15) is 5.10 Å². The Hall–Kier alpha value is -0.870. The van der Waals surface area contributed by atoms with Crippen molar-refractivity contribution < 1.29 is 4.74 Å². The van der Waals surface area contributed by atoms with E-state index in [1.165, 1.54) is 50.0 Å². The Labute approximate surface area is 109 Å². The number of ether oxygens (including phenoxy) is 1. The first-order valence-electron chi connectivity index (χ1n) is 7.29. The van der Waals surface area contributed by atoms with Crippen LogP contribution in [0.4, 0.5) is 0 Å². The average molecular weight is 249 g/mol. The SMILES string of the molecule is c1n[nH]c2c1CCC[C@H]2OCCN1CCCCC1. The van der Waals surface area contributed by atoms with Crippen LogP contribution in [0.15, 0.2) is 6.20 Å². The van der Waals surface area contributed by atoms with Crippen molar-refractivity contribution in [2.75, 3.05) is 26.2 Å². The third-order valence-electron chi connectivity index (χ3n) is 4.16. The van der Waals surface area contributed by atoms with Crippen LogP contribution in [0.5, 0.6) is 0 Å². The molecule has 1 aromatic heterocycles. The molecular formula is C14H23N3O. The van der Waals surface area contributed by atoms with Gasteiger partial charge in [-0.15, -0.1) is 0 Å². The molecule has 1 saturated heterocycles. The second-order valence-corrected chi connectivity index (χ2v) is 5.46. The molecule has 0 saturated carbocycles. The Bertz CT molecular complexity index is 371. The van der Waals surface area contributed by atoms with Gasteiger partial charge in [0.05, 0.1) is 24.6 Å². The second-order valence-electron chi connectivity index (χ2n) is 5.46. The number of aryl methyl sites for hydroxylation is 1. The van der Waals surface area contributed by atoms with Crippen LogP contribution in [0.3, 0.4) is 0 Å². The van der Waals surface area contributed by atoms with E-state index in [2.05, 4.69) is 15.1 Å². The van der Waals surface area contributed by atoms with E-state index in [1.807, 2.05) is 6.20 Å². The minimum absolute atomic E-state index is 0.251. The summed E-state index contributed by atoms with van der Waals surface area (Å²) in [5.74, 6) is 0. The van der Waals surface area contributed by atoms with Gasteiger partial charge in [-0.05, 0) is 50.8 Å². The Kier molecular flexibility index (Phi) is 3.96. The lowest BCUT2D eigenvalue weighted by Gasteiger charge is -2.28. The number of nitrogens with one attached hydrogen (secondary N) is 1. The number of fused-ring (bicyclic) bond motifs is 1. The van der Waals surface area contributed by atoms with Crippen LogP contribution in [0, 0.1) is 0 Å². The van der Waals surface area contributed by atoms with Crippen molar-refractivity contribution in [1.29, 1.82) is 0 Å². The number of H-pyrrole nitrogens is 1. The maximum absolute atomic E-state index is 6.06. The predicted octanol–water partition coefficient (Wildman–Crippen LogP) is 2.29. The number of aromatic amines is 1. The van der Waals surface area contributed by atoms with Crippen molar-refractivity contribution in [2.45, 2.75) is 44.6 Å². The fourth-order valence-corrected chi connectivity index (χ4v) is 3.10. The summed E-state index contributed by atoms with van der Waals surface area (Å²) in [6.07, 6.45) is 9.82. The maximum atomic E-state index is 6.06. The van der Waals surface area contributed by atoms with E-state index in [0.717, 1.165) is 26.0 Å². The predicted molar refractivity (Wildman–Crippen MR) is 70.5 cm³/mol. The fraction of sp³-hybridized carbons (Fsp3) is 0.786. The quantitative estimate of drug-likeness (QED) is 0.890. The minimum atomic E-state index is 0.251. The van der Waals surface area contributed by atoms with Crippen molar-refractivity contribution in [2.24, 2.45) is 0 Å². The lowest BCUT2D eigenvalue weighted by atomic mass is 9.96. The number of nitrogens with zero attached hydrogens (tertiary/aromatic N) is 2. The number of hydrogen-bond donors (Lipinski definition) is 1. The van der Waals surface area contributed by atoms with E-state index in [9.17, 15) is 0 Å². The van der Waals surface area contributed by atoms with Crippen molar-refractivity contribution in [1.82, 2.24) is 15.1 Å². The normalized spacial score (nSPS) is 25.0. The summed E-state index contributed by atoms with van der Waals surface area (Å²) in [4.78, 5) is 2.53. The molecule has 100 valence electrons. The van der Waals surface area contributed by atoms with Gasteiger partial charge in [-0.1, -0.05) is 6.42 Å². The van der Waals surface area contributed by atoms with Gasteiger partial charge in [0.1, 0.15) is 0 Å². The van der Waals surface area contributed by atoms with E-state index in [0.29, 0.717) is 0 Å². The van der Waals surface area contributed by atoms with Crippen LogP contribution in [0.1, 0.15) is 49.5 Å². The number of hydrogen-bond acceptors (Lipinski definition) is 3. The summed E-state index contributed by atoms with van der Waals surface area (Å²) in [5, 5.41) is 7.24. The third-order valence-corrected chi connectivity index (χ3v) is 4.16. The molecule has 0 aromatic carbocycles. The smallest absolute Gasteiger partial charge is 0.0992 e. The highest BCUT2D eigenvalue weighted by molar-refractivity contribution is 5.21. The Morgan fingerprint density at radius 2 is 2.17 bits per heavy atom. The zero-order valence-corrected chi connectivity index (χ0v) is 11.0. The zero-order valence-electron chi connectivity index (χ0n) is 11.0. The molecule has 0 amide bonds. The molecule has 1 aliphatic carbocycles. The van der Waals surface area contributed by atoms with Gasteiger partial charge in [0, 0.05) is 6.54 Å². The number of likely N-dealkylation sites (tertiary alicyclic amines) is 1. The summed E-state index contributed by atoms with van der Waals surface area (Å²) in [7, 11) is 0. The zero-order chi connectivity index (χ0) is 12.2. The third kappa shape index (κ3) is 2.75. The molecule has 3 rings (SSSR count). The molecule has 1 fully saturated rings. The van der Waals surface area contributed by atoms with E-state index < -0.39 is 0 Å². The van der Waals surface area contributed by atoms with Crippen molar-refractivity contribution in [3.8, 4) is 0 Å². The number of aromatic nitrogens is 2. The first kappa shape index (κ1) is 12.2.